The highest BCUT2D eigenvalue weighted by atomic mass is 35.5. The minimum Gasteiger partial charge on any atom is -0.211 e. The summed E-state index contributed by atoms with van der Waals surface area (Å²) in [6.45, 7) is 0.496. The molecule has 0 saturated heterocycles. The van der Waals surface area contributed by atoms with E-state index in [0.29, 0.717) is 18.0 Å². The Hall–Kier alpha value is -1.09. The highest BCUT2D eigenvalue weighted by Gasteiger charge is 2.53. The van der Waals surface area contributed by atoms with Gasteiger partial charge in [-0.1, -0.05) is 11.6 Å². The second kappa shape index (κ2) is 4.73. The number of rotatable bonds is 5. The van der Waals surface area contributed by atoms with Crippen molar-refractivity contribution in [3.05, 3.63) is 28.8 Å². The topological polar surface area (TPSA) is 70.0 Å². The van der Waals surface area contributed by atoms with Crippen molar-refractivity contribution < 1.29 is 8.42 Å². The van der Waals surface area contributed by atoms with Crippen LogP contribution in [0.5, 0.6) is 0 Å². The van der Waals surface area contributed by atoms with Crippen LogP contribution in [0.15, 0.2) is 23.1 Å². The van der Waals surface area contributed by atoms with Crippen LogP contribution in [0.3, 0.4) is 0 Å². The Morgan fingerprint density at radius 1 is 1.40 bits per heavy atom. The summed E-state index contributed by atoms with van der Waals surface area (Å²) in [5.74, 6) is 0.696. The quantitative estimate of drug-likeness (QED) is 0.909. The number of nitrogens with zero attached hydrogens (tertiary/aromatic N) is 1. The Labute approximate surface area is 123 Å². The van der Waals surface area contributed by atoms with Crippen LogP contribution in [0.2, 0.25) is 5.02 Å². The Bertz CT molecular complexity index is 686. The Morgan fingerprint density at radius 3 is 2.60 bits per heavy atom. The van der Waals surface area contributed by atoms with Crippen LogP contribution in [-0.2, 0) is 10.0 Å². The number of nitrogens with one attached hydrogen (secondary N) is 1. The third-order valence-electron chi connectivity index (χ3n) is 4.30. The van der Waals surface area contributed by atoms with Crippen molar-refractivity contribution in [3.8, 4) is 6.07 Å². The molecule has 1 aromatic rings. The van der Waals surface area contributed by atoms with Crippen molar-refractivity contribution in [3.63, 3.8) is 0 Å². The van der Waals surface area contributed by atoms with E-state index in [1.54, 1.807) is 0 Å². The van der Waals surface area contributed by atoms with Crippen molar-refractivity contribution in [1.82, 2.24) is 4.72 Å². The van der Waals surface area contributed by atoms with Crippen LogP contribution >= 0.6 is 11.6 Å². The van der Waals surface area contributed by atoms with E-state index in [-0.39, 0.29) is 15.3 Å². The monoisotopic (exact) mass is 310 g/mol. The van der Waals surface area contributed by atoms with Crippen LogP contribution in [0.25, 0.3) is 0 Å². The summed E-state index contributed by atoms with van der Waals surface area (Å²) < 4.78 is 27.3. The predicted molar refractivity (Wildman–Crippen MR) is 75.7 cm³/mol. The van der Waals surface area contributed by atoms with Gasteiger partial charge in [0.1, 0.15) is 4.90 Å². The maximum Gasteiger partial charge on any atom is 0.242 e. The van der Waals surface area contributed by atoms with Gasteiger partial charge in [-0.25, -0.2) is 13.1 Å². The molecule has 0 radical (unpaired) electrons. The van der Waals surface area contributed by atoms with E-state index in [0.717, 1.165) is 12.8 Å². The maximum absolute atomic E-state index is 12.3. The van der Waals surface area contributed by atoms with E-state index in [9.17, 15) is 8.42 Å². The summed E-state index contributed by atoms with van der Waals surface area (Å²) in [5, 5.41) is 8.86. The number of benzene rings is 1. The van der Waals surface area contributed by atoms with Gasteiger partial charge in [0.05, 0.1) is 16.7 Å². The molecule has 106 valence electrons. The summed E-state index contributed by atoms with van der Waals surface area (Å²) in [4.78, 5) is 0.0461. The number of sulfonamides is 1. The number of nitriles is 1. The van der Waals surface area contributed by atoms with Crippen molar-refractivity contribution >= 4 is 21.6 Å². The molecule has 1 aromatic carbocycles. The van der Waals surface area contributed by atoms with Crippen LogP contribution in [0, 0.1) is 22.7 Å². The minimum atomic E-state index is -3.61. The second-order valence-electron chi connectivity index (χ2n) is 5.72. The average Bonchev–Trinajstić information content (AvgIpc) is 3.27. The number of hydrogen-bond acceptors (Lipinski definition) is 3. The molecule has 0 spiro atoms. The van der Waals surface area contributed by atoms with Crippen molar-refractivity contribution in [2.24, 2.45) is 11.3 Å². The summed E-state index contributed by atoms with van der Waals surface area (Å²) in [7, 11) is -3.61. The van der Waals surface area contributed by atoms with E-state index in [2.05, 4.69) is 4.72 Å². The molecule has 0 atom stereocenters. The van der Waals surface area contributed by atoms with Gasteiger partial charge in [0.2, 0.25) is 10.0 Å². The molecule has 0 aliphatic heterocycles. The first-order valence-electron chi connectivity index (χ1n) is 6.66. The van der Waals surface area contributed by atoms with Gasteiger partial charge in [-0.3, -0.25) is 0 Å². The molecule has 2 aliphatic carbocycles. The fourth-order valence-electron chi connectivity index (χ4n) is 2.69. The zero-order valence-electron chi connectivity index (χ0n) is 10.9. The van der Waals surface area contributed by atoms with E-state index in [1.165, 1.54) is 31.0 Å². The molecule has 4 nitrogen and oxygen atoms in total. The van der Waals surface area contributed by atoms with Gasteiger partial charge in [0.25, 0.3) is 0 Å². The maximum atomic E-state index is 12.3. The zero-order valence-corrected chi connectivity index (χ0v) is 12.5. The first-order valence-corrected chi connectivity index (χ1v) is 8.52. The molecule has 20 heavy (non-hydrogen) atoms. The first-order chi connectivity index (χ1) is 9.47. The summed E-state index contributed by atoms with van der Waals surface area (Å²) in [6, 6.07) is 6.17. The first kappa shape index (κ1) is 13.9. The molecule has 3 rings (SSSR count). The normalized spacial score (nSPS) is 20.4. The van der Waals surface area contributed by atoms with Crippen LogP contribution in [0.1, 0.15) is 31.2 Å². The van der Waals surface area contributed by atoms with Gasteiger partial charge in [-0.15, -0.1) is 0 Å². The molecular formula is C14H15ClN2O2S. The fourth-order valence-corrected chi connectivity index (χ4v) is 4.37. The van der Waals surface area contributed by atoms with Gasteiger partial charge in [-0.05, 0) is 55.2 Å². The third-order valence-corrected chi connectivity index (χ3v) is 6.18. The van der Waals surface area contributed by atoms with Crippen molar-refractivity contribution in [1.29, 1.82) is 5.26 Å². The molecule has 0 unspecified atom stereocenters. The Morgan fingerprint density at radius 2 is 2.10 bits per heavy atom. The zero-order chi connectivity index (χ0) is 14.4. The molecule has 0 heterocycles. The SMILES string of the molecule is N#Cc1ccc(S(=O)(=O)NCC2(C3CC3)CC2)c(Cl)c1. The van der Waals surface area contributed by atoms with Gasteiger partial charge >= 0.3 is 0 Å². The molecular weight excluding hydrogens is 296 g/mol. The summed E-state index contributed by atoms with van der Waals surface area (Å²) >= 11 is 5.96. The second-order valence-corrected chi connectivity index (χ2v) is 7.86. The lowest BCUT2D eigenvalue weighted by molar-refractivity contribution is 0.432. The third kappa shape index (κ3) is 2.56. The van der Waals surface area contributed by atoms with Gasteiger partial charge in [0, 0.05) is 6.54 Å². The molecule has 1 N–H and O–H groups in total. The predicted octanol–water partition coefficient (Wildman–Crippen LogP) is 2.68. The molecule has 2 aliphatic rings. The summed E-state index contributed by atoms with van der Waals surface area (Å²) in [5.41, 5.74) is 0.553. The Kier molecular flexibility index (Phi) is 3.28. The van der Waals surface area contributed by atoms with E-state index < -0.39 is 10.0 Å². The molecule has 0 bridgehead atoms. The van der Waals surface area contributed by atoms with Crippen LogP contribution in [0.4, 0.5) is 0 Å². The lowest BCUT2D eigenvalue weighted by atomic mass is 10.0. The number of hydrogen-bond donors (Lipinski definition) is 1. The number of halogens is 1. The Balaban J connectivity index is 1.76. The van der Waals surface area contributed by atoms with Crippen molar-refractivity contribution in [2.75, 3.05) is 6.54 Å². The van der Waals surface area contributed by atoms with Gasteiger partial charge in [0.15, 0.2) is 0 Å². The van der Waals surface area contributed by atoms with Gasteiger partial charge < -0.3 is 0 Å². The van der Waals surface area contributed by atoms with Crippen molar-refractivity contribution in [2.45, 2.75) is 30.6 Å². The van der Waals surface area contributed by atoms with E-state index >= 15 is 0 Å². The van der Waals surface area contributed by atoms with Crippen LogP contribution < -0.4 is 4.72 Å². The highest BCUT2D eigenvalue weighted by Crippen LogP contribution is 2.60. The lowest BCUT2D eigenvalue weighted by Gasteiger charge is -2.15. The average molecular weight is 311 g/mol. The molecule has 2 fully saturated rings. The standard InChI is InChI=1S/C14H15ClN2O2S/c15-12-7-10(8-16)1-4-13(12)20(18,19)17-9-14(5-6-14)11-2-3-11/h1,4,7,11,17H,2-3,5-6,9H2. The molecule has 0 amide bonds. The smallest absolute Gasteiger partial charge is 0.211 e. The fraction of sp³-hybridized carbons (Fsp3) is 0.500. The highest BCUT2D eigenvalue weighted by molar-refractivity contribution is 7.89. The van der Waals surface area contributed by atoms with Gasteiger partial charge in [-0.2, -0.15) is 5.26 Å². The van der Waals surface area contributed by atoms with E-state index in [1.807, 2.05) is 6.07 Å². The van der Waals surface area contributed by atoms with Crippen LogP contribution in [-0.4, -0.2) is 15.0 Å². The summed E-state index contributed by atoms with van der Waals surface area (Å²) in [6.07, 6.45) is 4.67. The molecule has 6 heteroatoms. The molecule has 2 saturated carbocycles. The molecule has 0 aromatic heterocycles. The minimum absolute atomic E-state index is 0.0461. The largest absolute Gasteiger partial charge is 0.242 e. The lowest BCUT2D eigenvalue weighted by Crippen LogP contribution is -2.31. The van der Waals surface area contributed by atoms with E-state index in [4.69, 9.17) is 16.9 Å².